The zero-order chi connectivity index (χ0) is 25.7. The highest BCUT2D eigenvalue weighted by atomic mass is 16.2. The summed E-state index contributed by atoms with van der Waals surface area (Å²) in [5.41, 5.74) is 2.25. The van der Waals surface area contributed by atoms with Gasteiger partial charge in [0.1, 0.15) is 11.1 Å². The number of aryl methyl sites for hydroxylation is 1. The molecule has 7 heteroatoms. The van der Waals surface area contributed by atoms with Gasteiger partial charge in [0.05, 0.1) is 0 Å². The largest absolute Gasteiger partial charge is 0.352 e. The molecule has 2 aliphatic rings. The second-order valence-electron chi connectivity index (χ2n) is 10.8. The zero-order valence-electron chi connectivity index (χ0n) is 22.0. The molecular weight excluding hydrogens is 452 g/mol. The second kappa shape index (κ2) is 11.9. The molecule has 0 atom stereocenters. The number of carbonyl (C=O) groups is 2. The summed E-state index contributed by atoms with van der Waals surface area (Å²) in [6.07, 6.45) is 8.46. The summed E-state index contributed by atoms with van der Waals surface area (Å²) < 4.78 is 1.95. The number of amides is 2. The summed E-state index contributed by atoms with van der Waals surface area (Å²) in [6.45, 7) is 10.3. The first-order chi connectivity index (χ1) is 17.3. The number of benzene rings is 1. The minimum atomic E-state index is -0.460. The highest BCUT2D eigenvalue weighted by Crippen LogP contribution is 2.29. The Bertz CT molecular complexity index is 1130. The van der Waals surface area contributed by atoms with Gasteiger partial charge >= 0.3 is 0 Å². The lowest BCUT2D eigenvalue weighted by molar-refractivity contribution is 0.0626. The van der Waals surface area contributed by atoms with Crippen LogP contribution in [0.2, 0.25) is 0 Å². The molecule has 7 nitrogen and oxygen atoms in total. The van der Waals surface area contributed by atoms with E-state index in [1.807, 2.05) is 4.57 Å². The Hall–Kier alpha value is -2.93. The maximum absolute atomic E-state index is 13.5. The molecule has 0 unspecified atom stereocenters. The van der Waals surface area contributed by atoms with E-state index in [0.29, 0.717) is 25.6 Å². The van der Waals surface area contributed by atoms with E-state index in [1.54, 1.807) is 17.3 Å². The molecule has 1 aromatic carbocycles. The summed E-state index contributed by atoms with van der Waals surface area (Å²) in [5, 5.41) is 2.88. The topological polar surface area (TPSA) is 74.7 Å². The Morgan fingerprint density at radius 1 is 1.03 bits per heavy atom. The molecule has 2 amide bonds. The Morgan fingerprint density at radius 2 is 1.72 bits per heavy atom. The van der Waals surface area contributed by atoms with E-state index in [0.717, 1.165) is 51.7 Å². The summed E-state index contributed by atoms with van der Waals surface area (Å²) in [4.78, 5) is 44.0. The lowest BCUT2D eigenvalue weighted by Gasteiger charge is -2.35. The van der Waals surface area contributed by atoms with Crippen molar-refractivity contribution in [3.8, 4) is 0 Å². The van der Waals surface area contributed by atoms with Crippen LogP contribution >= 0.6 is 0 Å². The predicted octanol–water partition coefficient (Wildman–Crippen LogP) is 4.01. The van der Waals surface area contributed by atoms with Crippen molar-refractivity contribution in [3.05, 3.63) is 69.1 Å². The van der Waals surface area contributed by atoms with Gasteiger partial charge in [-0.05, 0) is 37.7 Å². The summed E-state index contributed by atoms with van der Waals surface area (Å²) in [7, 11) is 0. The van der Waals surface area contributed by atoms with Crippen molar-refractivity contribution in [1.82, 2.24) is 19.7 Å². The molecular formula is C29H40N4O3. The maximum Gasteiger partial charge on any atom is 0.259 e. The van der Waals surface area contributed by atoms with Gasteiger partial charge < -0.3 is 14.8 Å². The molecule has 0 bridgehead atoms. The Labute approximate surface area is 214 Å². The molecule has 1 saturated carbocycles. The fraction of sp³-hybridized carbons (Fsp3) is 0.552. The normalized spacial score (nSPS) is 17.1. The molecule has 1 N–H and O–H groups in total. The van der Waals surface area contributed by atoms with Crippen molar-refractivity contribution < 1.29 is 9.59 Å². The fourth-order valence-corrected chi connectivity index (χ4v) is 5.24. The van der Waals surface area contributed by atoms with Crippen molar-refractivity contribution in [2.75, 3.05) is 32.7 Å². The second-order valence-corrected chi connectivity index (χ2v) is 10.8. The molecule has 4 rings (SSSR count). The van der Waals surface area contributed by atoms with Crippen LogP contribution in [0.3, 0.4) is 0 Å². The number of aromatic nitrogens is 1. The lowest BCUT2D eigenvalue weighted by atomic mass is 10.1. The Balaban J connectivity index is 1.49. The molecule has 0 radical (unpaired) electrons. The molecule has 2 aromatic rings. The van der Waals surface area contributed by atoms with Crippen LogP contribution in [0.25, 0.3) is 0 Å². The van der Waals surface area contributed by atoms with Crippen LogP contribution in [0.5, 0.6) is 0 Å². The smallest absolute Gasteiger partial charge is 0.259 e. The molecule has 2 fully saturated rings. The minimum Gasteiger partial charge on any atom is -0.352 e. The summed E-state index contributed by atoms with van der Waals surface area (Å²) in [5.74, 6) is -0.193. The average Bonchev–Trinajstić information content (AvgIpc) is 3.39. The molecule has 1 aliphatic carbocycles. The van der Waals surface area contributed by atoms with Crippen LogP contribution in [0, 0.1) is 12.8 Å². The van der Waals surface area contributed by atoms with Gasteiger partial charge in [0.2, 0.25) is 5.43 Å². The predicted molar refractivity (Wildman–Crippen MR) is 142 cm³/mol. The van der Waals surface area contributed by atoms with Crippen molar-refractivity contribution in [1.29, 1.82) is 0 Å². The third-order valence-corrected chi connectivity index (χ3v) is 7.42. The minimum absolute atomic E-state index is 0.0783. The third kappa shape index (κ3) is 6.44. The van der Waals surface area contributed by atoms with Gasteiger partial charge in [0.15, 0.2) is 0 Å². The summed E-state index contributed by atoms with van der Waals surface area (Å²) in [6, 6.07) is 8.72. The van der Waals surface area contributed by atoms with Crippen LogP contribution < -0.4 is 10.7 Å². The molecule has 1 aromatic heterocycles. The third-order valence-electron chi connectivity index (χ3n) is 7.42. The van der Waals surface area contributed by atoms with Crippen LogP contribution in [-0.2, 0) is 6.54 Å². The van der Waals surface area contributed by atoms with E-state index in [2.05, 4.69) is 55.3 Å². The number of hydrogen-bond donors (Lipinski definition) is 1. The van der Waals surface area contributed by atoms with Gasteiger partial charge in [-0.2, -0.15) is 0 Å². The molecule has 2 heterocycles. The van der Waals surface area contributed by atoms with Gasteiger partial charge in [-0.15, -0.1) is 0 Å². The average molecular weight is 493 g/mol. The first-order valence-corrected chi connectivity index (χ1v) is 13.4. The SMILES string of the molecule is Cc1cccc(CN2CCN(C(=O)c3cn(C4CCCC4)cc(C(=O)NCCC(C)C)c3=O)CC2)c1. The van der Waals surface area contributed by atoms with Crippen LogP contribution in [0.4, 0.5) is 0 Å². The van der Waals surface area contributed by atoms with E-state index < -0.39 is 5.43 Å². The number of piperazine rings is 1. The number of nitrogens with zero attached hydrogens (tertiary/aromatic N) is 3. The highest BCUT2D eigenvalue weighted by Gasteiger charge is 2.28. The van der Waals surface area contributed by atoms with Crippen LogP contribution in [-0.4, -0.2) is 58.9 Å². The first kappa shape index (κ1) is 26.1. The van der Waals surface area contributed by atoms with Crippen LogP contribution in [0.1, 0.15) is 83.8 Å². The van der Waals surface area contributed by atoms with Gasteiger partial charge in [-0.25, -0.2) is 0 Å². The molecule has 1 aliphatic heterocycles. The zero-order valence-corrected chi connectivity index (χ0v) is 22.0. The number of pyridine rings is 1. The van der Waals surface area contributed by atoms with E-state index in [9.17, 15) is 14.4 Å². The van der Waals surface area contributed by atoms with E-state index in [4.69, 9.17) is 0 Å². The highest BCUT2D eigenvalue weighted by molar-refractivity contribution is 5.99. The molecule has 1 saturated heterocycles. The standard InChI is InChI=1S/C29H40N4O3/c1-21(2)11-12-30-28(35)25-19-33(24-9-4-5-10-24)20-26(27(25)34)29(36)32-15-13-31(14-16-32)18-23-8-6-7-22(3)17-23/h6-8,17,19-21,24H,4-5,9-16,18H2,1-3H3,(H,30,35). The number of nitrogens with one attached hydrogen (secondary N) is 1. The first-order valence-electron chi connectivity index (χ1n) is 13.4. The summed E-state index contributed by atoms with van der Waals surface area (Å²) >= 11 is 0. The molecule has 0 spiro atoms. The number of carbonyl (C=O) groups excluding carboxylic acids is 2. The lowest BCUT2D eigenvalue weighted by Crippen LogP contribution is -2.49. The van der Waals surface area contributed by atoms with E-state index in [-0.39, 0.29) is 29.0 Å². The molecule has 36 heavy (non-hydrogen) atoms. The maximum atomic E-state index is 13.5. The van der Waals surface area contributed by atoms with Crippen molar-refractivity contribution in [2.24, 2.45) is 5.92 Å². The quantitative estimate of drug-likeness (QED) is 0.604. The van der Waals surface area contributed by atoms with Gasteiger partial charge in [0.25, 0.3) is 11.8 Å². The number of hydrogen-bond acceptors (Lipinski definition) is 4. The van der Waals surface area contributed by atoms with Crippen molar-refractivity contribution in [3.63, 3.8) is 0 Å². The van der Waals surface area contributed by atoms with Crippen LogP contribution in [0.15, 0.2) is 41.5 Å². The van der Waals surface area contributed by atoms with E-state index >= 15 is 0 Å². The Morgan fingerprint density at radius 3 is 2.39 bits per heavy atom. The van der Waals surface area contributed by atoms with Gasteiger partial charge in [-0.1, -0.05) is 56.5 Å². The van der Waals surface area contributed by atoms with Crippen molar-refractivity contribution in [2.45, 2.75) is 65.5 Å². The molecule has 194 valence electrons. The van der Waals surface area contributed by atoms with Gasteiger partial charge in [0, 0.05) is 57.7 Å². The fourth-order valence-electron chi connectivity index (χ4n) is 5.24. The van der Waals surface area contributed by atoms with Gasteiger partial charge in [-0.3, -0.25) is 19.3 Å². The Kier molecular flexibility index (Phi) is 8.62. The number of rotatable bonds is 8. The van der Waals surface area contributed by atoms with Crippen molar-refractivity contribution >= 4 is 11.8 Å². The monoisotopic (exact) mass is 492 g/mol. The van der Waals surface area contributed by atoms with E-state index in [1.165, 1.54) is 11.1 Å².